The van der Waals surface area contributed by atoms with Crippen LogP contribution in [-0.2, 0) is 17.9 Å². The second kappa shape index (κ2) is 7.51. The number of ether oxygens (including phenoxy) is 1. The molecule has 1 rings (SSSR count). The Morgan fingerprint density at radius 3 is 2.82 bits per heavy atom. The quantitative estimate of drug-likeness (QED) is 0.755. The molecule has 0 spiro atoms. The smallest absolute Gasteiger partial charge is 0.130 e. The molecule has 1 N–H and O–H groups in total. The van der Waals surface area contributed by atoms with Crippen molar-refractivity contribution in [3.8, 4) is 0 Å². The van der Waals surface area contributed by atoms with E-state index in [4.69, 9.17) is 9.15 Å². The standard InChI is InChI=1S/C14H25NO2/c1-5-7-12(4)16-10-13-8-11(3)14(17-13)9-15-6-2/h8,12,15H,5-7,9-10H2,1-4H3. The van der Waals surface area contributed by atoms with E-state index in [2.05, 4.69) is 39.1 Å². The fourth-order valence-electron chi connectivity index (χ4n) is 1.79. The molecule has 1 aromatic rings. The summed E-state index contributed by atoms with van der Waals surface area (Å²) < 4.78 is 11.5. The van der Waals surface area contributed by atoms with Gasteiger partial charge in [-0.3, -0.25) is 0 Å². The lowest BCUT2D eigenvalue weighted by molar-refractivity contribution is 0.0367. The molecule has 98 valence electrons. The zero-order valence-corrected chi connectivity index (χ0v) is 11.5. The maximum absolute atomic E-state index is 5.76. The van der Waals surface area contributed by atoms with Crippen molar-refractivity contribution in [1.29, 1.82) is 0 Å². The molecule has 1 atom stereocenters. The van der Waals surface area contributed by atoms with Crippen LogP contribution in [0.2, 0.25) is 0 Å². The molecule has 3 heteroatoms. The SMILES string of the molecule is CCCC(C)OCc1cc(C)c(CNCC)o1. The van der Waals surface area contributed by atoms with Crippen LogP contribution in [0.1, 0.15) is 50.7 Å². The fourth-order valence-corrected chi connectivity index (χ4v) is 1.79. The summed E-state index contributed by atoms with van der Waals surface area (Å²) in [6.45, 7) is 10.8. The molecular weight excluding hydrogens is 214 g/mol. The van der Waals surface area contributed by atoms with E-state index in [1.54, 1.807) is 0 Å². The van der Waals surface area contributed by atoms with Gasteiger partial charge in [-0.2, -0.15) is 0 Å². The second-order valence-corrected chi connectivity index (χ2v) is 4.51. The summed E-state index contributed by atoms with van der Waals surface area (Å²) in [7, 11) is 0. The molecule has 0 saturated carbocycles. The van der Waals surface area contributed by atoms with Crippen LogP contribution in [0.3, 0.4) is 0 Å². The molecule has 0 amide bonds. The Morgan fingerprint density at radius 1 is 1.41 bits per heavy atom. The molecule has 0 aliphatic carbocycles. The Kier molecular flexibility index (Phi) is 6.30. The Balaban J connectivity index is 2.43. The molecule has 0 aliphatic heterocycles. The number of rotatable bonds is 8. The van der Waals surface area contributed by atoms with Gasteiger partial charge in [-0.15, -0.1) is 0 Å². The van der Waals surface area contributed by atoms with E-state index in [0.717, 1.165) is 37.5 Å². The zero-order chi connectivity index (χ0) is 12.7. The van der Waals surface area contributed by atoms with Crippen molar-refractivity contribution >= 4 is 0 Å². The molecule has 0 saturated heterocycles. The average molecular weight is 239 g/mol. The van der Waals surface area contributed by atoms with Gasteiger partial charge in [0.15, 0.2) is 0 Å². The maximum Gasteiger partial charge on any atom is 0.130 e. The first-order valence-electron chi connectivity index (χ1n) is 6.57. The number of hydrogen-bond donors (Lipinski definition) is 1. The van der Waals surface area contributed by atoms with Crippen LogP contribution in [-0.4, -0.2) is 12.6 Å². The summed E-state index contributed by atoms with van der Waals surface area (Å²) >= 11 is 0. The number of furan rings is 1. The van der Waals surface area contributed by atoms with Crippen molar-refractivity contribution in [1.82, 2.24) is 5.32 Å². The minimum absolute atomic E-state index is 0.308. The largest absolute Gasteiger partial charge is 0.462 e. The van der Waals surface area contributed by atoms with E-state index in [1.807, 2.05) is 0 Å². The van der Waals surface area contributed by atoms with Crippen LogP contribution in [0, 0.1) is 6.92 Å². The van der Waals surface area contributed by atoms with Gasteiger partial charge in [0, 0.05) is 0 Å². The van der Waals surface area contributed by atoms with E-state index in [-0.39, 0.29) is 0 Å². The van der Waals surface area contributed by atoms with Gasteiger partial charge in [0.05, 0.1) is 12.6 Å². The topological polar surface area (TPSA) is 34.4 Å². The van der Waals surface area contributed by atoms with Crippen LogP contribution in [0.25, 0.3) is 0 Å². The minimum atomic E-state index is 0.308. The number of nitrogens with one attached hydrogen (secondary N) is 1. The van der Waals surface area contributed by atoms with Gasteiger partial charge in [0.1, 0.15) is 18.1 Å². The first-order chi connectivity index (χ1) is 8.17. The first-order valence-corrected chi connectivity index (χ1v) is 6.57. The van der Waals surface area contributed by atoms with Gasteiger partial charge < -0.3 is 14.5 Å². The van der Waals surface area contributed by atoms with Crippen molar-refractivity contribution in [2.24, 2.45) is 0 Å². The molecule has 1 unspecified atom stereocenters. The normalized spacial score (nSPS) is 12.9. The number of aryl methyl sites for hydroxylation is 1. The summed E-state index contributed by atoms with van der Waals surface area (Å²) in [6.07, 6.45) is 2.57. The first kappa shape index (κ1) is 14.3. The average Bonchev–Trinajstić information content (AvgIpc) is 2.65. The Bertz CT molecular complexity index is 320. The van der Waals surface area contributed by atoms with E-state index in [0.29, 0.717) is 12.7 Å². The Labute approximate surface area is 105 Å². The van der Waals surface area contributed by atoms with Crippen LogP contribution in [0.4, 0.5) is 0 Å². The molecule has 0 aromatic carbocycles. The molecule has 3 nitrogen and oxygen atoms in total. The highest BCUT2D eigenvalue weighted by Crippen LogP contribution is 2.16. The van der Waals surface area contributed by atoms with Crippen molar-refractivity contribution < 1.29 is 9.15 Å². The summed E-state index contributed by atoms with van der Waals surface area (Å²) in [5.41, 5.74) is 1.20. The van der Waals surface area contributed by atoms with Crippen molar-refractivity contribution in [3.05, 3.63) is 23.2 Å². The van der Waals surface area contributed by atoms with Crippen LogP contribution >= 0.6 is 0 Å². The predicted molar refractivity (Wildman–Crippen MR) is 70.0 cm³/mol. The highest BCUT2D eigenvalue weighted by molar-refractivity contribution is 5.19. The summed E-state index contributed by atoms with van der Waals surface area (Å²) in [6, 6.07) is 2.07. The lowest BCUT2D eigenvalue weighted by Gasteiger charge is -2.10. The van der Waals surface area contributed by atoms with Crippen LogP contribution in [0.15, 0.2) is 10.5 Å². The van der Waals surface area contributed by atoms with Gasteiger partial charge >= 0.3 is 0 Å². The van der Waals surface area contributed by atoms with Crippen LogP contribution in [0.5, 0.6) is 0 Å². The molecule has 1 heterocycles. The predicted octanol–water partition coefficient (Wildman–Crippen LogP) is 3.40. The highest BCUT2D eigenvalue weighted by atomic mass is 16.5. The third kappa shape index (κ3) is 4.92. The summed E-state index contributed by atoms with van der Waals surface area (Å²) in [4.78, 5) is 0. The highest BCUT2D eigenvalue weighted by Gasteiger charge is 2.08. The van der Waals surface area contributed by atoms with Gasteiger partial charge in [0.25, 0.3) is 0 Å². The van der Waals surface area contributed by atoms with Crippen LogP contribution < -0.4 is 5.32 Å². The molecule has 0 fully saturated rings. The Hall–Kier alpha value is -0.800. The van der Waals surface area contributed by atoms with E-state index >= 15 is 0 Å². The van der Waals surface area contributed by atoms with E-state index in [9.17, 15) is 0 Å². The summed E-state index contributed by atoms with van der Waals surface area (Å²) in [5.74, 6) is 1.95. The maximum atomic E-state index is 5.76. The van der Waals surface area contributed by atoms with E-state index in [1.165, 1.54) is 5.56 Å². The number of hydrogen-bond acceptors (Lipinski definition) is 3. The molecule has 17 heavy (non-hydrogen) atoms. The summed E-state index contributed by atoms with van der Waals surface area (Å²) in [5, 5.41) is 3.27. The van der Waals surface area contributed by atoms with Gasteiger partial charge in [0.2, 0.25) is 0 Å². The van der Waals surface area contributed by atoms with E-state index < -0.39 is 0 Å². The zero-order valence-electron chi connectivity index (χ0n) is 11.5. The van der Waals surface area contributed by atoms with Gasteiger partial charge in [-0.05, 0) is 38.4 Å². The molecular formula is C14H25NO2. The second-order valence-electron chi connectivity index (χ2n) is 4.51. The lowest BCUT2D eigenvalue weighted by atomic mass is 10.2. The third-order valence-corrected chi connectivity index (χ3v) is 2.81. The fraction of sp³-hybridized carbons (Fsp3) is 0.714. The van der Waals surface area contributed by atoms with Gasteiger partial charge in [-0.1, -0.05) is 20.3 Å². The molecule has 0 aliphatic rings. The van der Waals surface area contributed by atoms with Crippen molar-refractivity contribution in [2.75, 3.05) is 6.54 Å². The van der Waals surface area contributed by atoms with Gasteiger partial charge in [-0.25, -0.2) is 0 Å². The minimum Gasteiger partial charge on any atom is -0.462 e. The van der Waals surface area contributed by atoms with Crippen molar-refractivity contribution in [2.45, 2.75) is 59.8 Å². The molecule has 0 radical (unpaired) electrons. The van der Waals surface area contributed by atoms with Crippen molar-refractivity contribution in [3.63, 3.8) is 0 Å². The Morgan fingerprint density at radius 2 is 2.18 bits per heavy atom. The lowest BCUT2D eigenvalue weighted by Crippen LogP contribution is -2.11. The third-order valence-electron chi connectivity index (χ3n) is 2.81. The monoisotopic (exact) mass is 239 g/mol. The molecule has 0 bridgehead atoms. The molecule has 1 aromatic heterocycles.